The Morgan fingerprint density at radius 2 is 2.06 bits per heavy atom. The van der Waals surface area contributed by atoms with Crippen LogP contribution in [0.5, 0.6) is 0 Å². The van der Waals surface area contributed by atoms with E-state index in [1.807, 2.05) is 19.1 Å². The summed E-state index contributed by atoms with van der Waals surface area (Å²) in [5.41, 5.74) is 0. The molecule has 0 aliphatic carbocycles. The minimum Gasteiger partial charge on any atom is -0.373 e. The molecule has 1 unspecified atom stereocenters. The summed E-state index contributed by atoms with van der Waals surface area (Å²) < 4.78 is 5.86. The highest BCUT2D eigenvalue weighted by atomic mass is 16.5. The summed E-state index contributed by atoms with van der Waals surface area (Å²) in [5.74, 6) is 0. The van der Waals surface area contributed by atoms with Gasteiger partial charge in [-0.1, -0.05) is 31.2 Å². The standard InChI is InChI=1S/C14H26N2O/c1-3-5-6-7-14(4-2)17-13-12-16-10-8-15-9-11-16/h3,5-7,14-15H,4,8-13H2,1-2H3. The van der Waals surface area contributed by atoms with E-state index in [1.54, 1.807) is 0 Å². The van der Waals surface area contributed by atoms with Crippen molar-refractivity contribution in [2.75, 3.05) is 39.3 Å². The van der Waals surface area contributed by atoms with Crippen molar-refractivity contribution >= 4 is 0 Å². The van der Waals surface area contributed by atoms with Crippen molar-refractivity contribution in [1.82, 2.24) is 10.2 Å². The molecule has 3 nitrogen and oxygen atoms in total. The van der Waals surface area contributed by atoms with Crippen molar-refractivity contribution in [2.45, 2.75) is 26.4 Å². The third-order valence-electron chi connectivity index (χ3n) is 2.98. The lowest BCUT2D eigenvalue weighted by molar-refractivity contribution is 0.0599. The van der Waals surface area contributed by atoms with Crippen LogP contribution in [0.15, 0.2) is 24.3 Å². The van der Waals surface area contributed by atoms with Gasteiger partial charge in [-0.05, 0) is 13.3 Å². The highest BCUT2D eigenvalue weighted by Crippen LogP contribution is 2.01. The number of piperazine rings is 1. The molecule has 1 aliphatic heterocycles. The summed E-state index contributed by atoms with van der Waals surface area (Å²) in [4.78, 5) is 2.46. The normalized spacial score (nSPS) is 20.4. The molecule has 1 rings (SSSR count). The van der Waals surface area contributed by atoms with Gasteiger partial charge in [-0.3, -0.25) is 4.90 Å². The lowest BCUT2D eigenvalue weighted by Crippen LogP contribution is -2.44. The average molecular weight is 238 g/mol. The first kappa shape index (κ1) is 14.4. The summed E-state index contributed by atoms with van der Waals surface area (Å²) >= 11 is 0. The summed E-state index contributed by atoms with van der Waals surface area (Å²) in [6.07, 6.45) is 9.58. The van der Waals surface area contributed by atoms with E-state index in [-0.39, 0.29) is 6.10 Å². The summed E-state index contributed by atoms with van der Waals surface area (Å²) in [6, 6.07) is 0. The Morgan fingerprint density at radius 3 is 2.71 bits per heavy atom. The first-order chi connectivity index (χ1) is 8.36. The number of hydrogen-bond acceptors (Lipinski definition) is 3. The molecule has 0 aromatic rings. The zero-order valence-corrected chi connectivity index (χ0v) is 11.2. The van der Waals surface area contributed by atoms with Gasteiger partial charge in [0.05, 0.1) is 12.7 Å². The van der Waals surface area contributed by atoms with Crippen molar-refractivity contribution in [2.24, 2.45) is 0 Å². The van der Waals surface area contributed by atoms with E-state index >= 15 is 0 Å². The van der Waals surface area contributed by atoms with Gasteiger partial charge in [0.1, 0.15) is 0 Å². The number of hydrogen-bond donors (Lipinski definition) is 1. The molecule has 1 fully saturated rings. The molecule has 0 spiro atoms. The lowest BCUT2D eigenvalue weighted by atomic mass is 10.2. The molecule has 0 radical (unpaired) electrons. The maximum Gasteiger partial charge on any atom is 0.0756 e. The van der Waals surface area contributed by atoms with Gasteiger partial charge in [0.25, 0.3) is 0 Å². The Balaban J connectivity index is 2.13. The van der Waals surface area contributed by atoms with E-state index in [0.717, 1.165) is 45.8 Å². The van der Waals surface area contributed by atoms with Gasteiger partial charge in [-0.2, -0.15) is 0 Å². The van der Waals surface area contributed by atoms with Crippen LogP contribution in [0, 0.1) is 0 Å². The monoisotopic (exact) mass is 238 g/mol. The van der Waals surface area contributed by atoms with Gasteiger partial charge >= 0.3 is 0 Å². The van der Waals surface area contributed by atoms with Crippen LogP contribution in [0.2, 0.25) is 0 Å². The van der Waals surface area contributed by atoms with E-state index in [1.165, 1.54) is 0 Å². The second kappa shape index (κ2) is 9.40. The van der Waals surface area contributed by atoms with Gasteiger partial charge in [0.15, 0.2) is 0 Å². The minimum absolute atomic E-state index is 0.258. The highest BCUT2D eigenvalue weighted by Gasteiger charge is 2.09. The van der Waals surface area contributed by atoms with Crippen molar-refractivity contribution < 1.29 is 4.74 Å². The molecule has 98 valence electrons. The molecule has 0 aromatic carbocycles. The predicted octanol–water partition coefficient (Wildman–Crippen LogP) is 1.82. The molecule has 17 heavy (non-hydrogen) atoms. The van der Waals surface area contributed by atoms with E-state index in [2.05, 4.69) is 29.3 Å². The van der Waals surface area contributed by atoms with E-state index < -0.39 is 0 Å². The lowest BCUT2D eigenvalue weighted by Gasteiger charge is -2.27. The van der Waals surface area contributed by atoms with Crippen LogP contribution >= 0.6 is 0 Å². The number of ether oxygens (including phenoxy) is 1. The van der Waals surface area contributed by atoms with Crippen LogP contribution in [0.4, 0.5) is 0 Å². The Kier molecular flexibility index (Phi) is 7.97. The average Bonchev–Trinajstić information content (AvgIpc) is 2.38. The van der Waals surface area contributed by atoms with Gasteiger partial charge in [0.2, 0.25) is 0 Å². The molecular formula is C14H26N2O. The number of allylic oxidation sites excluding steroid dienone is 3. The van der Waals surface area contributed by atoms with Crippen LogP contribution in [0.25, 0.3) is 0 Å². The molecule has 1 aliphatic rings. The molecule has 1 N–H and O–H groups in total. The van der Waals surface area contributed by atoms with E-state index in [9.17, 15) is 0 Å². The van der Waals surface area contributed by atoms with Gasteiger partial charge < -0.3 is 10.1 Å². The van der Waals surface area contributed by atoms with E-state index in [4.69, 9.17) is 4.74 Å². The summed E-state index contributed by atoms with van der Waals surface area (Å²) in [7, 11) is 0. The second-order valence-corrected chi connectivity index (χ2v) is 4.32. The smallest absolute Gasteiger partial charge is 0.0756 e. The first-order valence-corrected chi connectivity index (χ1v) is 6.71. The Hall–Kier alpha value is -0.640. The van der Waals surface area contributed by atoms with Crippen molar-refractivity contribution in [3.8, 4) is 0 Å². The number of nitrogens with one attached hydrogen (secondary N) is 1. The SMILES string of the molecule is CC=CC=CC(CC)OCCN1CCNCC1. The Bertz CT molecular complexity index is 232. The molecule has 0 aromatic heterocycles. The molecule has 0 bridgehead atoms. The van der Waals surface area contributed by atoms with Crippen molar-refractivity contribution in [1.29, 1.82) is 0 Å². The molecule has 0 amide bonds. The topological polar surface area (TPSA) is 24.5 Å². The molecule has 1 saturated heterocycles. The number of rotatable bonds is 7. The third kappa shape index (κ3) is 6.61. The third-order valence-corrected chi connectivity index (χ3v) is 2.98. The van der Waals surface area contributed by atoms with Crippen LogP contribution < -0.4 is 5.32 Å². The van der Waals surface area contributed by atoms with Crippen LogP contribution in [0.1, 0.15) is 20.3 Å². The minimum atomic E-state index is 0.258. The summed E-state index contributed by atoms with van der Waals surface area (Å²) in [6.45, 7) is 10.6. The largest absolute Gasteiger partial charge is 0.373 e. The molecule has 1 atom stereocenters. The van der Waals surface area contributed by atoms with Gasteiger partial charge in [0, 0.05) is 32.7 Å². The van der Waals surface area contributed by atoms with Crippen LogP contribution in [0.3, 0.4) is 0 Å². The van der Waals surface area contributed by atoms with E-state index in [0.29, 0.717) is 0 Å². The van der Waals surface area contributed by atoms with Gasteiger partial charge in [-0.15, -0.1) is 0 Å². The predicted molar refractivity (Wildman–Crippen MR) is 73.3 cm³/mol. The first-order valence-electron chi connectivity index (χ1n) is 6.71. The fraction of sp³-hybridized carbons (Fsp3) is 0.714. The zero-order valence-electron chi connectivity index (χ0n) is 11.2. The molecule has 0 saturated carbocycles. The quantitative estimate of drug-likeness (QED) is 0.685. The van der Waals surface area contributed by atoms with Crippen LogP contribution in [-0.4, -0.2) is 50.3 Å². The zero-order chi connectivity index (χ0) is 12.3. The van der Waals surface area contributed by atoms with Gasteiger partial charge in [-0.25, -0.2) is 0 Å². The maximum absolute atomic E-state index is 5.86. The number of nitrogens with zero attached hydrogens (tertiary/aromatic N) is 1. The maximum atomic E-state index is 5.86. The molecular weight excluding hydrogens is 212 g/mol. The molecule has 3 heteroatoms. The molecule has 1 heterocycles. The Morgan fingerprint density at radius 1 is 1.29 bits per heavy atom. The fourth-order valence-electron chi connectivity index (χ4n) is 1.88. The van der Waals surface area contributed by atoms with Crippen molar-refractivity contribution in [3.05, 3.63) is 24.3 Å². The summed E-state index contributed by atoms with van der Waals surface area (Å²) in [5, 5.41) is 3.36. The van der Waals surface area contributed by atoms with Crippen molar-refractivity contribution in [3.63, 3.8) is 0 Å². The second-order valence-electron chi connectivity index (χ2n) is 4.32. The Labute approximate surface area is 106 Å². The van der Waals surface area contributed by atoms with Crippen LogP contribution in [-0.2, 0) is 4.74 Å². The fourth-order valence-corrected chi connectivity index (χ4v) is 1.88. The highest BCUT2D eigenvalue weighted by molar-refractivity contribution is 5.03.